The highest BCUT2D eigenvalue weighted by Crippen LogP contribution is 2.19. The van der Waals surface area contributed by atoms with Gasteiger partial charge in [-0.3, -0.25) is 0 Å². The summed E-state index contributed by atoms with van der Waals surface area (Å²) in [5, 5.41) is 12.1. The van der Waals surface area contributed by atoms with Crippen molar-refractivity contribution in [2.45, 2.75) is 31.3 Å². The zero-order valence-electron chi connectivity index (χ0n) is 7.05. The molecule has 0 bridgehead atoms. The predicted molar refractivity (Wildman–Crippen MR) is 43.5 cm³/mol. The number of rotatable bonds is 6. The van der Waals surface area contributed by atoms with E-state index in [1.165, 1.54) is 12.8 Å². The standard InChI is InChI=1S/C8H17NO2/c1-11-6-8(4-5-10)9-7-2-3-7/h7-10H,2-6H2,1H3. The Morgan fingerprint density at radius 1 is 1.64 bits per heavy atom. The van der Waals surface area contributed by atoms with Gasteiger partial charge >= 0.3 is 0 Å². The molecule has 0 aromatic rings. The second kappa shape index (κ2) is 4.70. The van der Waals surface area contributed by atoms with E-state index in [0.717, 1.165) is 6.42 Å². The Kier molecular flexibility index (Phi) is 3.83. The van der Waals surface area contributed by atoms with Crippen LogP contribution in [0.2, 0.25) is 0 Å². The Morgan fingerprint density at radius 2 is 2.36 bits per heavy atom. The fourth-order valence-electron chi connectivity index (χ4n) is 1.16. The molecule has 1 unspecified atom stereocenters. The Morgan fingerprint density at radius 3 is 2.82 bits per heavy atom. The van der Waals surface area contributed by atoms with Gasteiger partial charge in [-0.25, -0.2) is 0 Å². The minimum Gasteiger partial charge on any atom is -0.396 e. The van der Waals surface area contributed by atoms with E-state index in [1.807, 2.05) is 0 Å². The first kappa shape index (κ1) is 8.97. The lowest BCUT2D eigenvalue weighted by Gasteiger charge is -2.15. The van der Waals surface area contributed by atoms with E-state index in [4.69, 9.17) is 9.84 Å². The van der Waals surface area contributed by atoms with Crippen LogP contribution in [0.5, 0.6) is 0 Å². The van der Waals surface area contributed by atoms with Crippen molar-refractivity contribution >= 4 is 0 Å². The first-order valence-corrected chi connectivity index (χ1v) is 4.22. The Hall–Kier alpha value is -0.120. The zero-order chi connectivity index (χ0) is 8.10. The molecule has 0 aliphatic heterocycles. The number of nitrogens with one attached hydrogen (secondary N) is 1. The van der Waals surface area contributed by atoms with Crippen molar-refractivity contribution < 1.29 is 9.84 Å². The van der Waals surface area contributed by atoms with Crippen LogP contribution in [0.15, 0.2) is 0 Å². The van der Waals surface area contributed by atoms with E-state index in [2.05, 4.69) is 5.32 Å². The quantitative estimate of drug-likeness (QED) is 0.579. The number of ether oxygens (including phenoxy) is 1. The molecule has 1 saturated carbocycles. The maximum atomic E-state index is 8.70. The predicted octanol–water partition coefficient (Wildman–Crippen LogP) is 0.136. The van der Waals surface area contributed by atoms with E-state index in [9.17, 15) is 0 Å². The highest BCUT2D eigenvalue weighted by atomic mass is 16.5. The first-order valence-electron chi connectivity index (χ1n) is 4.22. The van der Waals surface area contributed by atoms with Crippen molar-refractivity contribution in [3.8, 4) is 0 Å². The molecule has 0 radical (unpaired) electrons. The summed E-state index contributed by atoms with van der Waals surface area (Å²) in [5.74, 6) is 0. The molecule has 0 amide bonds. The summed E-state index contributed by atoms with van der Waals surface area (Å²) in [6, 6.07) is 1.04. The Labute approximate surface area is 67.7 Å². The van der Waals surface area contributed by atoms with Gasteiger partial charge < -0.3 is 15.2 Å². The number of hydrogen-bond donors (Lipinski definition) is 2. The van der Waals surface area contributed by atoms with Gasteiger partial charge in [-0.1, -0.05) is 0 Å². The Balaban J connectivity index is 2.08. The van der Waals surface area contributed by atoms with Gasteiger partial charge in [0.25, 0.3) is 0 Å². The number of aliphatic hydroxyl groups excluding tert-OH is 1. The van der Waals surface area contributed by atoms with E-state index < -0.39 is 0 Å². The number of aliphatic hydroxyl groups is 1. The van der Waals surface area contributed by atoms with Crippen LogP contribution in [0, 0.1) is 0 Å². The van der Waals surface area contributed by atoms with Gasteiger partial charge in [0.2, 0.25) is 0 Å². The lowest BCUT2D eigenvalue weighted by molar-refractivity contribution is 0.148. The molecule has 3 nitrogen and oxygen atoms in total. The second-order valence-corrected chi connectivity index (χ2v) is 3.11. The van der Waals surface area contributed by atoms with E-state index >= 15 is 0 Å². The zero-order valence-corrected chi connectivity index (χ0v) is 7.05. The van der Waals surface area contributed by atoms with Crippen LogP contribution < -0.4 is 5.32 Å². The molecule has 1 aliphatic carbocycles. The minimum absolute atomic E-state index is 0.244. The van der Waals surface area contributed by atoms with Crippen molar-refractivity contribution in [2.24, 2.45) is 0 Å². The number of hydrogen-bond acceptors (Lipinski definition) is 3. The van der Waals surface area contributed by atoms with Crippen LogP contribution in [-0.4, -0.2) is 37.5 Å². The highest BCUT2D eigenvalue weighted by molar-refractivity contribution is 4.84. The molecule has 0 aromatic heterocycles. The lowest BCUT2D eigenvalue weighted by atomic mass is 10.2. The van der Waals surface area contributed by atoms with Gasteiger partial charge in [0, 0.05) is 25.8 Å². The van der Waals surface area contributed by atoms with Gasteiger partial charge in [0.1, 0.15) is 0 Å². The summed E-state index contributed by atoms with van der Waals surface area (Å²) in [6.45, 7) is 0.949. The van der Waals surface area contributed by atoms with Crippen LogP contribution in [0.25, 0.3) is 0 Å². The van der Waals surface area contributed by atoms with Crippen LogP contribution in [0.3, 0.4) is 0 Å². The monoisotopic (exact) mass is 159 g/mol. The molecule has 1 fully saturated rings. The van der Waals surface area contributed by atoms with Crippen LogP contribution in [-0.2, 0) is 4.74 Å². The van der Waals surface area contributed by atoms with Crippen molar-refractivity contribution in [2.75, 3.05) is 20.3 Å². The molecular formula is C8H17NO2. The number of methoxy groups -OCH3 is 1. The fraction of sp³-hybridized carbons (Fsp3) is 1.00. The average Bonchev–Trinajstić information content (AvgIpc) is 2.73. The molecule has 1 rings (SSSR count). The second-order valence-electron chi connectivity index (χ2n) is 3.11. The molecule has 2 N–H and O–H groups in total. The highest BCUT2D eigenvalue weighted by Gasteiger charge is 2.23. The fourth-order valence-corrected chi connectivity index (χ4v) is 1.16. The minimum atomic E-state index is 0.244. The SMILES string of the molecule is COCC(CCO)NC1CC1. The molecule has 0 spiro atoms. The average molecular weight is 159 g/mol. The van der Waals surface area contributed by atoms with Gasteiger partial charge in [0.05, 0.1) is 6.61 Å². The summed E-state index contributed by atoms with van der Waals surface area (Å²) in [5.41, 5.74) is 0. The molecule has 0 aromatic carbocycles. The molecular weight excluding hydrogens is 142 g/mol. The normalized spacial score (nSPS) is 20.2. The molecule has 11 heavy (non-hydrogen) atoms. The molecule has 1 atom stereocenters. The third kappa shape index (κ3) is 3.70. The van der Waals surface area contributed by atoms with Crippen LogP contribution in [0.1, 0.15) is 19.3 Å². The third-order valence-electron chi connectivity index (χ3n) is 1.89. The van der Waals surface area contributed by atoms with Crippen molar-refractivity contribution in [1.82, 2.24) is 5.32 Å². The lowest BCUT2D eigenvalue weighted by Crippen LogP contribution is -2.35. The molecule has 0 saturated heterocycles. The largest absolute Gasteiger partial charge is 0.396 e. The van der Waals surface area contributed by atoms with Gasteiger partial charge in [-0.05, 0) is 19.3 Å². The first-order chi connectivity index (χ1) is 5.36. The third-order valence-corrected chi connectivity index (χ3v) is 1.89. The van der Waals surface area contributed by atoms with E-state index in [-0.39, 0.29) is 6.61 Å². The van der Waals surface area contributed by atoms with Gasteiger partial charge in [0.15, 0.2) is 0 Å². The van der Waals surface area contributed by atoms with Crippen molar-refractivity contribution in [1.29, 1.82) is 0 Å². The summed E-state index contributed by atoms with van der Waals surface area (Å²) in [7, 11) is 1.69. The van der Waals surface area contributed by atoms with E-state index in [1.54, 1.807) is 7.11 Å². The van der Waals surface area contributed by atoms with Gasteiger partial charge in [-0.2, -0.15) is 0 Å². The summed E-state index contributed by atoms with van der Waals surface area (Å²) >= 11 is 0. The van der Waals surface area contributed by atoms with Crippen molar-refractivity contribution in [3.05, 3.63) is 0 Å². The topological polar surface area (TPSA) is 41.5 Å². The summed E-state index contributed by atoms with van der Waals surface area (Å²) in [4.78, 5) is 0. The summed E-state index contributed by atoms with van der Waals surface area (Å²) in [6.07, 6.45) is 3.36. The molecule has 3 heteroatoms. The smallest absolute Gasteiger partial charge is 0.0616 e. The van der Waals surface area contributed by atoms with Crippen LogP contribution >= 0.6 is 0 Å². The molecule has 0 heterocycles. The molecule has 66 valence electrons. The summed E-state index contributed by atoms with van der Waals surface area (Å²) < 4.78 is 5.01. The Bertz CT molecular complexity index is 98.3. The maximum absolute atomic E-state index is 8.70. The van der Waals surface area contributed by atoms with E-state index in [0.29, 0.717) is 18.7 Å². The van der Waals surface area contributed by atoms with Crippen LogP contribution in [0.4, 0.5) is 0 Å². The maximum Gasteiger partial charge on any atom is 0.0616 e. The van der Waals surface area contributed by atoms with Crippen molar-refractivity contribution in [3.63, 3.8) is 0 Å². The molecule has 1 aliphatic rings. The van der Waals surface area contributed by atoms with Gasteiger partial charge in [-0.15, -0.1) is 0 Å².